The number of hydrogen-bond donors (Lipinski definition) is 2. The van der Waals surface area contributed by atoms with Gasteiger partial charge in [0, 0.05) is 0 Å². The van der Waals surface area contributed by atoms with Crippen LogP contribution in [0.1, 0.15) is 52.4 Å². The first-order chi connectivity index (χ1) is 11.7. The molecule has 0 unspecified atom stereocenters. The van der Waals surface area contributed by atoms with Gasteiger partial charge in [-0.2, -0.15) is 0 Å². The summed E-state index contributed by atoms with van der Waals surface area (Å²) < 4.78 is 0. The molecular formula is C22H34O2. The van der Waals surface area contributed by atoms with Crippen LogP contribution in [0.25, 0.3) is 0 Å². The standard InChI is InChI=1S/C22H34O2/c1-3-5-14-18-22(24)20-16-13-11-9-7-6-8-10-12-15-19-21(23)17-4-2/h5-7,10-16,19-24H,3-4,8-9,17-18H2,1-2H3/t21-,22+/m0/s1. The normalized spacial score (nSPS) is 16.0. The summed E-state index contributed by atoms with van der Waals surface area (Å²) in [6.07, 6.45) is 28.3. The molecule has 0 amide bonds. The van der Waals surface area contributed by atoms with Crippen LogP contribution in [0.15, 0.2) is 72.9 Å². The molecule has 0 spiro atoms. The van der Waals surface area contributed by atoms with Gasteiger partial charge >= 0.3 is 0 Å². The molecule has 0 aliphatic carbocycles. The van der Waals surface area contributed by atoms with E-state index in [9.17, 15) is 10.2 Å². The molecule has 0 aliphatic rings. The van der Waals surface area contributed by atoms with E-state index in [0.717, 1.165) is 32.1 Å². The number of aliphatic hydroxyl groups is 2. The topological polar surface area (TPSA) is 40.5 Å². The van der Waals surface area contributed by atoms with Crippen molar-refractivity contribution in [2.24, 2.45) is 0 Å². The summed E-state index contributed by atoms with van der Waals surface area (Å²) in [4.78, 5) is 0. The Bertz CT molecular complexity index is 439. The molecule has 0 aromatic heterocycles. The lowest BCUT2D eigenvalue weighted by atomic mass is 10.2. The highest BCUT2D eigenvalue weighted by Gasteiger charge is 1.93. The van der Waals surface area contributed by atoms with Gasteiger partial charge in [-0.15, -0.1) is 0 Å². The largest absolute Gasteiger partial charge is 0.389 e. The first-order valence-electron chi connectivity index (χ1n) is 9.03. The van der Waals surface area contributed by atoms with E-state index in [4.69, 9.17) is 0 Å². The number of aliphatic hydroxyl groups excluding tert-OH is 2. The second kappa shape index (κ2) is 17.7. The summed E-state index contributed by atoms with van der Waals surface area (Å²) in [5.41, 5.74) is 0. The van der Waals surface area contributed by atoms with E-state index in [2.05, 4.69) is 44.2 Å². The maximum atomic E-state index is 9.67. The van der Waals surface area contributed by atoms with Crippen LogP contribution in [-0.4, -0.2) is 22.4 Å². The van der Waals surface area contributed by atoms with Crippen molar-refractivity contribution in [3.8, 4) is 0 Å². The van der Waals surface area contributed by atoms with Crippen LogP contribution in [0.5, 0.6) is 0 Å². The Kier molecular flexibility index (Phi) is 16.5. The van der Waals surface area contributed by atoms with Crippen molar-refractivity contribution in [1.82, 2.24) is 0 Å². The van der Waals surface area contributed by atoms with E-state index in [1.165, 1.54) is 0 Å². The molecule has 0 saturated heterocycles. The molecule has 0 rings (SSSR count). The zero-order valence-corrected chi connectivity index (χ0v) is 15.2. The smallest absolute Gasteiger partial charge is 0.0758 e. The van der Waals surface area contributed by atoms with Crippen molar-refractivity contribution < 1.29 is 10.2 Å². The van der Waals surface area contributed by atoms with E-state index >= 15 is 0 Å². The van der Waals surface area contributed by atoms with Crippen molar-refractivity contribution in [1.29, 1.82) is 0 Å². The maximum absolute atomic E-state index is 9.67. The van der Waals surface area contributed by atoms with Gasteiger partial charge in [-0.1, -0.05) is 93.2 Å². The lowest BCUT2D eigenvalue weighted by Crippen LogP contribution is -1.99. The Morgan fingerprint density at radius 2 is 1.25 bits per heavy atom. The summed E-state index contributed by atoms with van der Waals surface area (Å²) in [6.45, 7) is 4.15. The summed E-state index contributed by atoms with van der Waals surface area (Å²) in [5, 5.41) is 19.2. The van der Waals surface area contributed by atoms with Crippen LogP contribution >= 0.6 is 0 Å². The third-order valence-electron chi connectivity index (χ3n) is 3.24. The highest BCUT2D eigenvalue weighted by Crippen LogP contribution is 1.99. The van der Waals surface area contributed by atoms with Gasteiger partial charge in [-0.3, -0.25) is 0 Å². The molecule has 0 bridgehead atoms. The second-order valence-electron chi connectivity index (χ2n) is 5.61. The molecular weight excluding hydrogens is 296 g/mol. The molecule has 0 radical (unpaired) electrons. The second-order valence-corrected chi connectivity index (χ2v) is 5.61. The summed E-state index contributed by atoms with van der Waals surface area (Å²) in [5.74, 6) is 0. The van der Waals surface area contributed by atoms with Gasteiger partial charge in [0.25, 0.3) is 0 Å². The molecule has 0 aromatic carbocycles. The number of rotatable bonds is 13. The fraction of sp³-hybridized carbons (Fsp3) is 0.455. The molecule has 2 nitrogen and oxygen atoms in total. The average molecular weight is 331 g/mol. The quantitative estimate of drug-likeness (QED) is 0.349. The molecule has 0 aromatic rings. The van der Waals surface area contributed by atoms with Crippen LogP contribution < -0.4 is 0 Å². The highest BCUT2D eigenvalue weighted by atomic mass is 16.3. The minimum Gasteiger partial charge on any atom is -0.389 e. The molecule has 134 valence electrons. The molecule has 0 heterocycles. The van der Waals surface area contributed by atoms with E-state index in [1.807, 2.05) is 42.5 Å². The summed E-state index contributed by atoms with van der Waals surface area (Å²) >= 11 is 0. The van der Waals surface area contributed by atoms with E-state index in [-0.39, 0.29) is 6.10 Å². The lowest BCUT2D eigenvalue weighted by Gasteiger charge is -1.99. The monoisotopic (exact) mass is 330 g/mol. The van der Waals surface area contributed by atoms with Crippen LogP contribution in [0.4, 0.5) is 0 Å². The Morgan fingerprint density at radius 3 is 1.79 bits per heavy atom. The summed E-state index contributed by atoms with van der Waals surface area (Å²) in [7, 11) is 0. The molecule has 24 heavy (non-hydrogen) atoms. The molecule has 0 saturated carbocycles. The van der Waals surface area contributed by atoms with E-state index in [0.29, 0.717) is 6.42 Å². The third-order valence-corrected chi connectivity index (χ3v) is 3.24. The van der Waals surface area contributed by atoms with Crippen LogP contribution in [0.2, 0.25) is 0 Å². The highest BCUT2D eigenvalue weighted by molar-refractivity contribution is 5.09. The molecule has 0 aliphatic heterocycles. The fourth-order valence-corrected chi connectivity index (χ4v) is 1.92. The average Bonchev–Trinajstić information content (AvgIpc) is 2.56. The van der Waals surface area contributed by atoms with Crippen LogP contribution in [0, 0.1) is 0 Å². The van der Waals surface area contributed by atoms with Crippen molar-refractivity contribution in [2.75, 3.05) is 0 Å². The van der Waals surface area contributed by atoms with Gasteiger partial charge < -0.3 is 10.2 Å². The van der Waals surface area contributed by atoms with Gasteiger partial charge in [0.2, 0.25) is 0 Å². The van der Waals surface area contributed by atoms with Gasteiger partial charge in [0.15, 0.2) is 0 Å². The molecule has 2 heteroatoms. The molecule has 0 fully saturated rings. The van der Waals surface area contributed by atoms with Crippen molar-refractivity contribution in [3.05, 3.63) is 72.9 Å². The Morgan fingerprint density at radius 1 is 0.667 bits per heavy atom. The van der Waals surface area contributed by atoms with Gasteiger partial charge in [0.1, 0.15) is 0 Å². The lowest BCUT2D eigenvalue weighted by molar-refractivity contribution is 0.211. The van der Waals surface area contributed by atoms with Gasteiger partial charge in [-0.05, 0) is 32.1 Å². The van der Waals surface area contributed by atoms with Gasteiger partial charge in [0.05, 0.1) is 12.2 Å². The maximum Gasteiger partial charge on any atom is 0.0758 e. The number of hydrogen-bond acceptors (Lipinski definition) is 2. The SMILES string of the molecule is CCC=CC[C@@H](O)C=CC=CCC=CCC=CC=C[C@@H](O)CCC. The zero-order valence-electron chi connectivity index (χ0n) is 15.2. The van der Waals surface area contributed by atoms with Crippen molar-refractivity contribution in [3.63, 3.8) is 0 Å². The van der Waals surface area contributed by atoms with E-state index < -0.39 is 6.10 Å². The van der Waals surface area contributed by atoms with Crippen molar-refractivity contribution in [2.45, 2.75) is 64.6 Å². The number of allylic oxidation sites excluding steroid dienone is 9. The predicted octanol–water partition coefficient (Wildman–Crippen LogP) is 5.43. The third kappa shape index (κ3) is 16.7. The first-order valence-corrected chi connectivity index (χ1v) is 9.03. The molecule has 2 atom stereocenters. The fourth-order valence-electron chi connectivity index (χ4n) is 1.92. The Hall–Kier alpha value is -1.64. The zero-order chi connectivity index (χ0) is 17.9. The Labute approximate surface area is 148 Å². The predicted molar refractivity (Wildman–Crippen MR) is 106 cm³/mol. The van der Waals surface area contributed by atoms with Crippen LogP contribution in [-0.2, 0) is 0 Å². The minimum absolute atomic E-state index is 0.324. The summed E-state index contributed by atoms with van der Waals surface area (Å²) in [6, 6.07) is 0. The molecule has 2 N–H and O–H groups in total. The first kappa shape index (κ1) is 22.4. The van der Waals surface area contributed by atoms with Crippen LogP contribution in [0.3, 0.4) is 0 Å². The van der Waals surface area contributed by atoms with Crippen molar-refractivity contribution >= 4 is 0 Å². The van der Waals surface area contributed by atoms with Gasteiger partial charge in [-0.25, -0.2) is 0 Å². The minimum atomic E-state index is -0.401. The van der Waals surface area contributed by atoms with E-state index in [1.54, 1.807) is 0 Å². The Balaban J connectivity index is 3.76.